The summed E-state index contributed by atoms with van der Waals surface area (Å²) in [6.07, 6.45) is -1.40. The van der Waals surface area contributed by atoms with Gasteiger partial charge in [0.25, 0.3) is 10.1 Å². The molecule has 3 atom stereocenters. The van der Waals surface area contributed by atoms with E-state index in [1.165, 1.54) is 12.1 Å². The van der Waals surface area contributed by atoms with Crippen LogP contribution in [0.4, 0.5) is 0 Å². The molecule has 1 aromatic carbocycles. The first-order valence-electron chi connectivity index (χ1n) is 6.23. The minimum Gasteiger partial charge on any atom is -0.393 e. The molecule has 0 saturated heterocycles. The predicted octanol–water partition coefficient (Wildman–Crippen LogP) is 0.975. The van der Waals surface area contributed by atoms with Gasteiger partial charge in [-0.05, 0) is 25.5 Å². The molecular formula is C13H18O5S. The van der Waals surface area contributed by atoms with Crippen molar-refractivity contribution in [3.8, 4) is 0 Å². The molecule has 1 aliphatic carbocycles. The lowest BCUT2D eigenvalue weighted by atomic mass is 9.93. The van der Waals surface area contributed by atoms with Crippen molar-refractivity contribution in [1.29, 1.82) is 0 Å². The first-order chi connectivity index (χ1) is 8.87. The van der Waals surface area contributed by atoms with Gasteiger partial charge in [-0.3, -0.25) is 4.18 Å². The zero-order chi connectivity index (χ0) is 14.0. The summed E-state index contributed by atoms with van der Waals surface area (Å²) >= 11 is 0. The molecule has 1 aromatic rings. The van der Waals surface area contributed by atoms with Gasteiger partial charge in [-0.2, -0.15) is 8.42 Å². The summed E-state index contributed by atoms with van der Waals surface area (Å²) in [7, 11) is -3.85. The van der Waals surface area contributed by atoms with Crippen molar-refractivity contribution < 1.29 is 22.8 Å². The molecule has 5 nitrogen and oxygen atoms in total. The quantitative estimate of drug-likeness (QED) is 0.809. The minimum absolute atomic E-state index is 0.0904. The van der Waals surface area contributed by atoms with E-state index in [2.05, 4.69) is 0 Å². The van der Waals surface area contributed by atoms with Crippen molar-refractivity contribution in [2.75, 3.05) is 0 Å². The number of benzene rings is 1. The maximum atomic E-state index is 12.0. The van der Waals surface area contributed by atoms with Gasteiger partial charge in [-0.1, -0.05) is 17.7 Å². The summed E-state index contributed by atoms with van der Waals surface area (Å²) in [5, 5.41) is 19.0. The van der Waals surface area contributed by atoms with Gasteiger partial charge in [0.2, 0.25) is 0 Å². The number of rotatable bonds is 3. The molecule has 19 heavy (non-hydrogen) atoms. The SMILES string of the molecule is Cc1ccc(S(=O)(=O)OC2C[C@@H](O)C[C@@H](O)C2)cc1. The molecule has 1 fully saturated rings. The van der Waals surface area contributed by atoms with Crippen molar-refractivity contribution >= 4 is 10.1 Å². The van der Waals surface area contributed by atoms with Gasteiger partial charge in [0, 0.05) is 12.8 Å². The highest BCUT2D eigenvalue weighted by atomic mass is 32.2. The second kappa shape index (κ2) is 5.58. The Hall–Kier alpha value is -0.950. The summed E-state index contributed by atoms with van der Waals surface area (Å²) in [4.78, 5) is 0.0904. The lowest BCUT2D eigenvalue weighted by molar-refractivity contribution is -0.0132. The highest BCUT2D eigenvalue weighted by molar-refractivity contribution is 7.86. The van der Waals surface area contributed by atoms with Gasteiger partial charge < -0.3 is 10.2 Å². The largest absolute Gasteiger partial charge is 0.393 e. The van der Waals surface area contributed by atoms with Gasteiger partial charge in [-0.25, -0.2) is 0 Å². The molecular weight excluding hydrogens is 268 g/mol. The normalized spacial score (nSPS) is 28.3. The summed E-state index contributed by atoms with van der Waals surface area (Å²) in [6, 6.07) is 6.36. The third kappa shape index (κ3) is 3.76. The van der Waals surface area contributed by atoms with Crippen LogP contribution in [-0.4, -0.2) is 36.9 Å². The van der Waals surface area contributed by atoms with Gasteiger partial charge in [0.1, 0.15) is 0 Å². The van der Waals surface area contributed by atoms with Crippen molar-refractivity contribution in [3.63, 3.8) is 0 Å². The molecule has 6 heteroatoms. The standard InChI is InChI=1S/C13H18O5S/c1-9-2-4-13(5-3-9)19(16,17)18-12-7-10(14)6-11(15)8-12/h2-5,10-12,14-15H,6-8H2,1H3/t10-,11+,12?. The van der Waals surface area contributed by atoms with Crippen LogP contribution in [0.2, 0.25) is 0 Å². The number of aryl methyl sites for hydroxylation is 1. The van der Waals surface area contributed by atoms with Crippen LogP contribution in [0.5, 0.6) is 0 Å². The zero-order valence-corrected chi connectivity index (χ0v) is 11.5. The molecule has 0 spiro atoms. The maximum absolute atomic E-state index is 12.0. The Labute approximate surface area is 113 Å². The molecule has 2 N–H and O–H groups in total. The number of hydrogen-bond donors (Lipinski definition) is 2. The molecule has 1 unspecified atom stereocenters. The van der Waals surface area contributed by atoms with Crippen LogP contribution in [0.1, 0.15) is 24.8 Å². The Balaban J connectivity index is 2.10. The van der Waals surface area contributed by atoms with Crippen LogP contribution in [0.3, 0.4) is 0 Å². The van der Waals surface area contributed by atoms with E-state index in [-0.39, 0.29) is 24.2 Å². The topological polar surface area (TPSA) is 83.8 Å². The smallest absolute Gasteiger partial charge is 0.297 e. The fraction of sp³-hybridized carbons (Fsp3) is 0.538. The zero-order valence-electron chi connectivity index (χ0n) is 10.7. The monoisotopic (exact) mass is 286 g/mol. The van der Waals surface area contributed by atoms with Crippen LogP contribution in [0.15, 0.2) is 29.2 Å². The lowest BCUT2D eigenvalue weighted by Gasteiger charge is -2.28. The van der Waals surface area contributed by atoms with Crippen LogP contribution < -0.4 is 0 Å². The summed E-state index contributed by atoms with van der Waals surface area (Å²) < 4.78 is 29.2. The van der Waals surface area contributed by atoms with Crippen LogP contribution in [0.25, 0.3) is 0 Å². The summed E-state index contributed by atoms with van der Waals surface area (Å²) in [5.74, 6) is 0. The van der Waals surface area contributed by atoms with Crippen molar-refractivity contribution in [2.45, 2.75) is 49.4 Å². The molecule has 0 bridgehead atoms. The van der Waals surface area contributed by atoms with Gasteiger partial charge in [0.05, 0.1) is 23.2 Å². The first kappa shape index (κ1) is 14.5. The van der Waals surface area contributed by atoms with E-state index in [1.54, 1.807) is 12.1 Å². The first-order valence-corrected chi connectivity index (χ1v) is 7.64. The Morgan fingerprint density at radius 2 is 1.58 bits per heavy atom. The fourth-order valence-corrected chi connectivity index (χ4v) is 3.32. The molecule has 0 heterocycles. The van der Waals surface area contributed by atoms with E-state index in [4.69, 9.17) is 4.18 Å². The van der Waals surface area contributed by atoms with Gasteiger partial charge in [-0.15, -0.1) is 0 Å². The van der Waals surface area contributed by atoms with E-state index in [1.807, 2.05) is 6.92 Å². The molecule has 0 amide bonds. The molecule has 2 rings (SSSR count). The van der Waals surface area contributed by atoms with Gasteiger partial charge in [0.15, 0.2) is 0 Å². The molecule has 0 radical (unpaired) electrons. The average Bonchev–Trinajstić information content (AvgIpc) is 2.27. The Kier molecular flexibility index (Phi) is 4.25. The second-order valence-electron chi connectivity index (χ2n) is 5.00. The number of aliphatic hydroxyl groups is 2. The van der Waals surface area contributed by atoms with E-state index in [9.17, 15) is 18.6 Å². The average molecular weight is 286 g/mol. The fourth-order valence-electron chi connectivity index (χ4n) is 2.23. The third-order valence-corrected chi connectivity index (χ3v) is 4.56. The Bertz CT molecular complexity index is 512. The van der Waals surface area contributed by atoms with E-state index in [0.717, 1.165) is 5.56 Å². The predicted molar refractivity (Wildman–Crippen MR) is 69.1 cm³/mol. The molecule has 1 saturated carbocycles. The molecule has 0 aliphatic heterocycles. The van der Waals surface area contributed by atoms with Crippen molar-refractivity contribution in [1.82, 2.24) is 0 Å². The highest BCUT2D eigenvalue weighted by Gasteiger charge is 2.31. The lowest BCUT2D eigenvalue weighted by Crippen LogP contribution is -2.35. The second-order valence-corrected chi connectivity index (χ2v) is 6.57. The molecule has 0 aromatic heterocycles. The number of aliphatic hydroxyl groups excluding tert-OH is 2. The van der Waals surface area contributed by atoms with Crippen molar-refractivity contribution in [2.24, 2.45) is 0 Å². The van der Waals surface area contributed by atoms with Gasteiger partial charge >= 0.3 is 0 Å². The Morgan fingerprint density at radius 1 is 1.05 bits per heavy atom. The third-order valence-electron chi connectivity index (χ3n) is 3.19. The van der Waals surface area contributed by atoms with Crippen molar-refractivity contribution in [3.05, 3.63) is 29.8 Å². The van der Waals surface area contributed by atoms with E-state index in [0.29, 0.717) is 0 Å². The molecule has 106 valence electrons. The minimum atomic E-state index is -3.85. The van der Waals surface area contributed by atoms with E-state index >= 15 is 0 Å². The summed E-state index contributed by atoms with van der Waals surface area (Å²) in [5.41, 5.74) is 0.961. The van der Waals surface area contributed by atoms with Crippen LogP contribution in [0, 0.1) is 6.92 Å². The highest BCUT2D eigenvalue weighted by Crippen LogP contribution is 2.25. The Morgan fingerprint density at radius 3 is 2.11 bits per heavy atom. The molecule has 1 aliphatic rings. The maximum Gasteiger partial charge on any atom is 0.297 e. The van der Waals surface area contributed by atoms with E-state index < -0.39 is 28.4 Å². The van der Waals surface area contributed by atoms with Crippen LogP contribution in [-0.2, 0) is 14.3 Å². The summed E-state index contributed by atoms with van der Waals surface area (Å²) in [6.45, 7) is 1.87. The number of hydrogen-bond acceptors (Lipinski definition) is 5. The van der Waals surface area contributed by atoms with Crippen LogP contribution >= 0.6 is 0 Å².